The van der Waals surface area contributed by atoms with Crippen molar-refractivity contribution in [3.63, 3.8) is 0 Å². The Morgan fingerprint density at radius 1 is 0.929 bits per heavy atom. The van der Waals surface area contributed by atoms with Gasteiger partial charge in [0.1, 0.15) is 17.2 Å². The lowest BCUT2D eigenvalue weighted by Crippen LogP contribution is -2.55. The number of halogens is 2. The Hall–Kier alpha value is -5.84. The Balaban J connectivity index is 1.23. The van der Waals surface area contributed by atoms with Gasteiger partial charge in [0.25, 0.3) is 11.8 Å². The zero-order valence-corrected chi connectivity index (χ0v) is 31.6. The number of hydrogen-bond donors (Lipinski definition) is 2. The lowest BCUT2D eigenvalue weighted by atomic mass is 9.48. The van der Waals surface area contributed by atoms with Crippen molar-refractivity contribution in [3.8, 4) is 17.2 Å². The summed E-state index contributed by atoms with van der Waals surface area (Å²) in [7, 11) is 1.55. The molecule has 2 N–H and O–H groups in total. The number of fused-ring (bicyclic) bond motifs is 5. The largest absolute Gasteiger partial charge is 0.508 e. The van der Waals surface area contributed by atoms with Crippen molar-refractivity contribution < 1.29 is 33.8 Å². The van der Waals surface area contributed by atoms with Crippen LogP contribution < -0.4 is 19.8 Å². The molecule has 3 aliphatic heterocycles. The minimum Gasteiger partial charge on any atom is -0.508 e. The average molecular weight is 789 g/mol. The number of hydrazine groups is 1. The van der Waals surface area contributed by atoms with Crippen LogP contribution in [0.3, 0.4) is 0 Å². The highest BCUT2D eigenvalue weighted by Crippen LogP contribution is 2.63. The van der Waals surface area contributed by atoms with Crippen molar-refractivity contribution in [3.05, 3.63) is 142 Å². The first-order valence-electron chi connectivity index (χ1n) is 18.3. The third kappa shape index (κ3) is 5.30. The molecule has 1 saturated carbocycles. The van der Waals surface area contributed by atoms with E-state index in [9.17, 15) is 14.7 Å². The van der Waals surface area contributed by atoms with Crippen LogP contribution in [0.2, 0.25) is 10.0 Å². The minimum absolute atomic E-state index is 0.0520. The van der Waals surface area contributed by atoms with Gasteiger partial charge in [-0.3, -0.25) is 29.5 Å². The maximum absolute atomic E-state index is 15.5. The standard InChI is InChI=1S/C44H35Cl2N3O7/c1-3-23-4-9-28(10-5-23)48-40(51)32-15-14-31-33(38(32)42(48)53)21-34-41(52)49(47-36-16-8-27(45)20-35(36)46)43(54)44(34,26-6-12-30(55-2)13-7-26)39(31)25-18-24-19-29(50)11-17-37(24)56-22-25/h3-14,16-17,19-20,22,32-34,38-39,47,50H,1,15,18,21H2,2H3/t32-,33+,34-,38-,39-,44+/m0/s1. The summed E-state index contributed by atoms with van der Waals surface area (Å²) in [5, 5.41) is 12.1. The summed E-state index contributed by atoms with van der Waals surface area (Å²) in [6.45, 7) is 3.81. The van der Waals surface area contributed by atoms with Gasteiger partial charge in [0.2, 0.25) is 11.8 Å². The molecule has 56 heavy (non-hydrogen) atoms. The number of rotatable bonds is 7. The maximum Gasteiger partial charge on any atom is 0.260 e. The van der Waals surface area contributed by atoms with E-state index in [-0.39, 0.29) is 41.8 Å². The number of phenols is 1. The Morgan fingerprint density at radius 2 is 1.70 bits per heavy atom. The fraction of sp³-hybridized carbons (Fsp3) is 0.227. The Bertz CT molecular complexity index is 2430. The van der Waals surface area contributed by atoms with E-state index in [1.807, 2.05) is 6.08 Å². The van der Waals surface area contributed by atoms with Crippen molar-refractivity contribution in [2.45, 2.75) is 24.7 Å². The number of carbonyl (C=O) groups excluding carboxylic acids is 4. The Kier molecular flexibility index (Phi) is 8.59. The van der Waals surface area contributed by atoms with Crippen LogP contribution in [0.1, 0.15) is 29.5 Å². The predicted octanol–water partition coefficient (Wildman–Crippen LogP) is 7.89. The second-order valence-electron chi connectivity index (χ2n) is 14.8. The molecule has 0 bridgehead atoms. The zero-order chi connectivity index (χ0) is 39.0. The van der Waals surface area contributed by atoms with Gasteiger partial charge in [0.15, 0.2) is 0 Å². The molecule has 2 aliphatic carbocycles. The smallest absolute Gasteiger partial charge is 0.260 e. The van der Waals surface area contributed by atoms with E-state index >= 15 is 9.59 Å². The molecular weight excluding hydrogens is 753 g/mol. The highest BCUT2D eigenvalue weighted by molar-refractivity contribution is 6.36. The summed E-state index contributed by atoms with van der Waals surface area (Å²) in [5.74, 6) is -4.32. The van der Waals surface area contributed by atoms with E-state index in [1.165, 1.54) is 17.0 Å². The van der Waals surface area contributed by atoms with Crippen LogP contribution >= 0.6 is 23.2 Å². The minimum atomic E-state index is -1.54. The Morgan fingerprint density at radius 3 is 2.41 bits per heavy atom. The van der Waals surface area contributed by atoms with Gasteiger partial charge in [-0.2, -0.15) is 5.01 Å². The van der Waals surface area contributed by atoms with Gasteiger partial charge < -0.3 is 14.6 Å². The van der Waals surface area contributed by atoms with E-state index in [4.69, 9.17) is 32.7 Å². The third-order valence-electron chi connectivity index (χ3n) is 12.1. The summed E-state index contributed by atoms with van der Waals surface area (Å²) < 4.78 is 11.7. The predicted molar refractivity (Wildman–Crippen MR) is 211 cm³/mol. The number of anilines is 2. The van der Waals surface area contributed by atoms with Gasteiger partial charge in [-0.25, -0.2) is 0 Å². The molecule has 9 rings (SSSR count). The lowest BCUT2D eigenvalue weighted by Gasteiger charge is -2.51. The summed E-state index contributed by atoms with van der Waals surface area (Å²) in [6, 6.07) is 23.8. The van der Waals surface area contributed by atoms with Gasteiger partial charge >= 0.3 is 0 Å². The van der Waals surface area contributed by atoms with Crippen LogP contribution in [0.25, 0.3) is 6.08 Å². The summed E-state index contributed by atoms with van der Waals surface area (Å²) in [6.07, 6.45) is 5.96. The van der Waals surface area contributed by atoms with Crippen molar-refractivity contribution in [1.29, 1.82) is 0 Å². The number of nitrogens with one attached hydrogen (secondary N) is 1. The van der Waals surface area contributed by atoms with Gasteiger partial charge in [-0.05, 0) is 96.1 Å². The molecule has 4 aromatic carbocycles. The van der Waals surface area contributed by atoms with Crippen LogP contribution in [0.15, 0.2) is 115 Å². The van der Waals surface area contributed by atoms with E-state index in [0.29, 0.717) is 44.6 Å². The second kappa shape index (κ2) is 13.4. The fourth-order valence-corrected chi connectivity index (χ4v) is 10.1. The molecule has 12 heteroatoms. The first-order valence-corrected chi connectivity index (χ1v) is 19.0. The third-order valence-corrected chi connectivity index (χ3v) is 12.7. The van der Waals surface area contributed by atoms with Gasteiger partial charge in [0, 0.05) is 22.9 Å². The number of allylic oxidation sites excluding steroid dienone is 3. The molecule has 5 aliphatic rings. The second-order valence-corrected chi connectivity index (χ2v) is 15.6. The molecule has 4 aromatic rings. The van der Waals surface area contributed by atoms with Gasteiger partial charge in [-0.1, -0.05) is 71.8 Å². The first-order chi connectivity index (χ1) is 27.0. The molecule has 282 valence electrons. The van der Waals surface area contributed by atoms with Crippen molar-refractivity contribution in [2.75, 3.05) is 17.4 Å². The number of ether oxygens (including phenoxy) is 2. The van der Waals surface area contributed by atoms with Crippen LogP contribution in [0.4, 0.5) is 11.4 Å². The summed E-state index contributed by atoms with van der Waals surface area (Å²) >= 11 is 12.8. The molecule has 0 unspecified atom stereocenters. The molecular formula is C44H35Cl2N3O7. The van der Waals surface area contributed by atoms with E-state index in [2.05, 4.69) is 12.0 Å². The van der Waals surface area contributed by atoms with Crippen LogP contribution in [-0.4, -0.2) is 40.9 Å². The number of imide groups is 2. The van der Waals surface area contributed by atoms with Crippen LogP contribution in [-0.2, 0) is 31.0 Å². The number of carbonyl (C=O) groups is 4. The molecule has 0 radical (unpaired) electrons. The SMILES string of the molecule is C=Cc1ccc(N2C(=O)[C@H]3[C@H](CC=C4[C@H](C5=COc6ccc(O)cc6C5)[C@]5(c6ccc(OC)cc6)C(=O)N(Nc6ccc(Cl)cc6Cl)C(=O)[C@@H]5C[C@H]43)C2=O)cc1. The molecule has 10 nitrogen and oxygen atoms in total. The average Bonchev–Trinajstić information content (AvgIpc) is 3.59. The van der Waals surface area contributed by atoms with Crippen LogP contribution in [0.5, 0.6) is 17.2 Å². The molecule has 0 spiro atoms. The summed E-state index contributed by atoms with van der Waals surface area (Å²) in [4.78, 5) is 60.7. The molecule has 4 amide bonds. The monoisotopic (exact) mass is 787 g/mol. The fourth-order valence-electron chi connectivity index (χ4n) is 9.67. The highest BCUT2D eigenvalue weighted by atomic mass is 35.5. The Labute approximate surface area is 332 Å². The highest BCUT2D eigenvalue weighted by Gasteiger charge is 2.71. The van der Waals surface area contributed by atoms with Crippen molar-refractivity contribution >= 4 is 64.3 Å². The number of aromatic hydroxyl groups is 1. The molecule has 6 atom stereocenters. The topological polar surface area (TPSA) is 125 Å². The van der Waals surface area contributed by atoms with Gasteiger partial charge in [-0.15, -0.1) is 0 Å². The normalized spacial score (nSPS) is 26.4. The zero-order valence-electron chi connectivity index (χ0n) is 30.1. The maximum atomic E-state index is 15.5. The number of benzene rings is 4. The molecule has 3 heterocycles. The van der Waals surface area contributed by atoms with E-state index < -0.39 is 46.8 Å². The number of phenolic OH excluding ortho intramolecular Hbond substituents is 1. The number of hydrogen-bond acceptors (Lipinski definition) is 8. The molecule has 2 saturated heterocycles. The van der Waals surface area contributed by atoms with Crippen LogP contribution in [0, 0.1) is 29.6 Å². The molecule has 0 aromatic heterocycles. The van der Waals surface area contributed by atoms with E-state index in [1.54, 1.807) is 92.2 Å². The number of nitrogens with zero attached hydrogens (tertiary/aromatic N) is 2. The quantitative estimate of drug-likeness (QED) is 0.143. The van der Waals surface area contributed by atoms with Crippen molar-refractivity contribution in [2.24, 2.45) is 29.6 Å². The first kappa shape index (κ1) is 35.8. The molecule has 3 fully saturated rings. The van der Waals surface area contributed by atoms with E-state index in [0.717, 1.165) is 16.1 Å². The summed E-state index contributed by atoms with van der Waals surface area (Å²) in [5.41, 5.74) is 5.81. The lowest BCUT2D eigenvalue weighted by molar-refractivity contribution is -0.139. The van der Waals surface area contributed by atoms with Crippen molar-refractivity contribution in [1.82, 2.24) is 5.01 Å². The number of amides is 4. The van der Waals surface area contributed by atoms with Gasteiger partial charge in [0.05, 0.1) is 52.9 Å². The number of methoxy groups -OCH3 is 1.